The molecule has 1 amide bonds. The zero-order chi connectivity index (χ0) is 14.0. The minimum Gasteiger partial charge on any atom is -0.389 e. The summed E-state index contributed by atoms with van der Waals surface area (Å²) in [6.45, 7) is 1.63. The second kappa shape index (κ2) is 5.56. The van der Waals surface area contributed by atoms with Crippen LogP contribution in [0.4, 0.5) is 0 Å². The van der Waals surface area contributed by atoms with Crippen LogP contribution in [0.2, 0.25) is 0 Å². The van der Waals surface area contributed by atoms with Crippen LogP contribution in [0.1, 0.15) is 44.3 Å². The Morgan fingerprint density at radius 2 is 2.30 bits per heavy atom. The summed E-state index contributed by atoms with van der Waals surface area (Å²) in [5.41, 5.74) is -0.742. The number of rotatable bonds is 4. The molecule has 5 nitrogen and oxygen atoms in total. The van der Waals surface area contributed by atoms with E-state index in [-0.39, 0.29) is 12.3 Å². The Morgan fingerprint density at radius 3 is 3.10 bits per heavy atom. The summed E-state index contributed by atoms with van der Waals surface area (Å²) >= 11 is 0. The molecule has 0 unspecified atom stereocenters. The minimum absolute atomic E-state index is 0.00849. The van der Waals surface area contributed by atoms with E-state index < -0.39 is 5.60 Å². The molecule has 110 valence electrons. The number of carbonyl (C=O) groups excluding carboxylic acids is 1. The Bertz CT molecular complexity index is 477. The molecule has 0 saturated heterocycles. The van der Waals surface area contributed by atoms with Gasteiger partial charge in [-0.3, -0.25) is 4.79 Å². The summed E-state index contributed by atoms with van der Waals surface area (Å²) in [6.07, 6.45) is 9.77. The normalized spacial score (nSPS) is 24.4. The maximum Gasteiger partial charge on any atom is 0.222 e. The molecule has 1 aliphatic heterocycles. The molecule has 0 bridgehead atoms. The standard InChI is InChI=1S/C15H23N3O2/c19-14(9-15(20)5-1-2-6-15)17-10-12-3-4-13-16-7-8-18(13)11-12/h7-8,12,20H,1-6,9-11H2,(H,17,19)/t12-/m0/s1. The van der Waals surface area contributed by atoms with E-state index in [0.717, 1.165) is 50.9 Å². The molecule has 0 aromatic carbocycles. The second-order valence-electron chi connectivity index (χ2n) is 6.31. The lowest BCUT2D eigenvalue weighted by molar-refractivity contribution is -0.126. The molecular formula is C15H23N3O2. The molecule has 1 aliphatic carbocycles. The molecule has 1 saturated carbocycles. The Morgan fingerprint density at radius 1 is 1.50 bits per heavy atom. The van der Waals surface area contributed by atoms with Gasteiger partial charge < -0.3 is 15.0 Å². The van der Waals surface area contributed by atoms with E-state index in [4.69, 9.17) is 0 Å². The lowest BCUT2D eigenvalue weighted by Gasteiger charge is -2.25. The summed E-state index contributed by atoms with van der Waals surface area (Å²) in [7, 11) is 0. The van der Waals surface area contributed by atoms with Gasteiger partial charge >= 0.3 is 0 Å². The zero-order valence-corrected chi connectivity index (χ0v) is 11.8. The van der Waals surface area contributed by atoms with Gasteiger partial charge in [0.1, 0.15) is 5.82 Å². The Kier molecular flexibility index (Phi) is 3.78. The van der Waals surface area contributed by atoms with Crippen molar-refractivity contribution in [2.24, 2.45) is 5.92 Å². The first kappa shape index (κ1) is 13.6. The highest BCUT2D eigenvalue weighted by Crippen LogP contribution is 2.32. The number of nitrogens with one attached hydrogen (secondary N) is 1. The van der Waals surface area contributed by atoms with Crippen molar-refractivity contribution in [1.82, 2.24) is 14.9 Å². The lowest BCUT2D eigenvalue weighted by atomic mass is 9.96. The quantitative estimate of drug-likeness (QED) is 0.870. The van der Waals surface area contributed by atoms with Gasteiger partial charge in [0.25, 0.3) is 0 Å². The fraction of sp³-hybridized carbons (Fsp3) is 0.733. The van der Waals surface area contributed by atoms with Gasteiger partial charge in [-0.1, -0.05) is 12.8 Å². The Hall–Kier alpha value is -1.36. The third kappa shape index (κ3) is 3.03. The van der Waals surface area contributed by atoms with Crippen LogP contribution < -0.4 is 5.32 Å². The highest BCUT2D eigenvalue weighted by molar-refractivity contribution is 5.77. The zero-order valence-electron chi connectivity index (χ0n) is 11.8. The molecule has 0 radical (unpaired) electrons. The molecule has 1 fully saturated rings. The maximum atomic E-state index is 12.0. The van der Waals surface area contributed by atoms with Crippen LogP contribution >= 0.6 is 0 Å². The SMILES string of the molecule is O=C(CC1(O)CCCC1)NC[C@@H]1CCc2nccn2C1. The van der Waals surface area contributed by atoms with Crippen LogP contribution in [-0.2, 0) is 17.8 Å². The van der Waals surface area contributed by atoms with E-state index in [2.05, 4.69) is 14.9 Å². The predicted molar refractivity (Wildman–Crippen MR) is 75.1 cm³/mol. The van der Waals surface area contributed by atoms with Gasteiger partial charge in [0, 0.05) is 31.9 Å². The fourth-order valence-corrected chi connectivity index (χ4v) is 3.43. The van der Waals surface area contributed by atoms with Crippen molar-refractivity contribution in [3.63, 3.8) is 0 Å². The average molecular weight is 277 g/mol. The molecule has 5 heteroatoms. The predicted octanol–water partition coefficient (Wildman–Crippen LogP) is 1.26. The first-order chi connectivity index (χ1) is 9.65. The van der Waals surface area contributed by atoms with E-state index in [9.17, 15) is 9.90 Å². The van der Waals surface area contributed by atoms with Crippen molar-refractivity contribution >= 4 is 5.91 Å². The van der Waals surface area contributed by atoms with Crippen molar-refractivity contribution < 1.29 is 9.90 Å². The number of hydrogen-bond acceptors (Lipinski definition) is 3. The molecule has 1 aromatic rings. The highest BCUT2D eigenvalue weighted by Gasteiger charge is 2.33. The number of carbonyl (C=O) groups is 1. The Labute approximate surface area is 119 Å². The molecule has 20 heavy (non-hydrogen) atoms. The Balaban J connectivity index is 1.44. The first-order valence-electron chi connectivity index (χ1n) is 7.64. The summed E-state index contributed by atoms with van der Waals surface area (Å²) < 4.78 is 2.17. The van der Waals surface area contributed by atoms with Crippen LogP contribution in [0.25, 0.3) is 0 Å². The number of aryl methyl sites for hydroxylation is 1. The maximum absolute atomic E-state index is 12.0. The van der Waals surface area contributed by atoms with Gasteiger partial charge in [-0.05, 0) is 25.2 Å². The molecule has 2 aliphatic rings. The monoisotopic (exact) mass is 277 g/mol. The van der Waals surface area contributed by atoms with E-state index in [1.54, 1.807) is 0 Å². The smallest absolute Gasteiger partial charge is 0.222 e. The van der Waals surface area contributed by atoms with E-state index in [0.29, 0.717) is 12.5 Å². The fourth-order valence-electron chi connectivity index (χ4n) is 3.43. The molecular weight excluding hydrogens is 254 g/mol. The second-order valence-corrected chi connectivity index (χ2v) is 6.31. The van der Waals surface area contributed by atoms with Gasteiger partial charge in [0.2, 0.25) is 5.91 Å². The minimum atomic E-state index is -0.742. The number of hydrogen-bond donors (Lipinski definition) is 2. The average Bonchev–Trinajstić information content (AvgIpc) is 3.04. The van der Waals surface area contributed by atoms with Gasteiger partial charge in [0.15, 0.2) is 0 Å². The molecule has 1 aromatic heterocycles. The van der Waals surface area contributed by atoms with Crippen LogP contribution in [0.3, 0.4) is 0 Å². The topological polar surface area (TPSA) is 67.2 Å². The number of fused-ring (bicyclic) bond motifs is 1. The summed E-state index contributed by atoms with van der Waals surface area (Å²) in [6, 6.07) is 0. The number of nitrogens with zero attached hydrogens (tertiary/aromatic N) is 2. The molecule has 0 spiro atoms. The van der Waals surface area contributed by atoms with Crippen molar-refractivity contribution in [1.29, 1.82) is 0 Å². The number of imidazole rings is 1. The summed E-state index contributed by atoms with van der Waals surface area (Å²) in [4.78, 5) is 16.3. The van der Waals surface area contributed by atoms with Gasteiger partial charge in [-0.25, -0.2) is 4.98 Å². The first-order valence-corrected chi connectivity index (χ1v) is 7.64. The van der Waals surface area contributed by atoms with Crippen LogP contribution in [0, 0.1) is 5.92 Å². The number of aromatic nitrogens is 2. The van der Waals surface area contributed by atoms with E-state index in [1.165, 1.54) is 0 Å². The van der Waals surface area contributed by atoms with Gasteiger partial charge in [-0.2, -0.15) is 0 Å². The lowest BCUT2D eigenvalue weighted by Crippen LogP contribution is -2.38. The van der Waals surface area contributed by atoms with Crippen LogP contribution in [0.5, 0.6) is 0 Å². The number of amides is 1. The molecule has 2 N–H and O–H groups in total. The summed E-state index contributed by atoms with van der Waals surface area (Å²) in [5, 5.41) is 13.2. The summed E-state index contributed by atoms with van der Waals surface area (Å²) in [5.74, 6) is 1.61. The van der Waals surface area contributed by atoms with Crippen LogP contribution in [-0.4, -0.2) is 32.7 Å². The van der Waals surface area contributed by atoms with Crippen molar-refractivity contribution in [2.75, 3.05) is 6.54 Å². The van der Waals surface area contributed by atoms with Gasteiger partial charge in [0.05, 0.1) is 12.0 Å². The molecule has 3 rings (SSSR count). The van der Waals surface area contributed by atoms with Crippen LogP contribution in [0.15, 0.2) is 12.4 Å². The largest absolute Gasteiger partial charge is 0.389 e. The number of aliphatic hydroxyl groups is 1. The van der Waals surface area contributed by atoms with Crippen molar-refractivity contribution in [3.8, 4) is 0 Å². The third-order valence-corrected chi connectivity index (χ3v) is 4.64. The van der Waals surface area contributed by atoms with E-state index >= 15 is 0 Å². The van der Waals surface area contributed by atoms with Gasteiger partial charge in [-0.15, -0.1) is 0 Å². The molecule has 1 atom stereocenters. The molecule has 2 heterocycles. The van der Waals surface area contributed by atoms with Crippen molar-refractivity contribution in [2.45, 2.75) is 57.1 Å². The highest BCUT2D eigenvalue weighted by atomic mass is 16.3. The third-order valence-electron chi connectivity index (χ3n) is 4.64. The van der Waals surface area contributed by atoms with Crippen molar-refractivity contribution in [3.05, 3.63) is 18.2 Å². The van der Waals surface area contributed by atoms with E-state index in [1.807, 2.05) is 12.4 Å².